The van der Waals surface area contributed by atoms with Gasteiger partial charge in [-0.3, -0.25) is 9.69 Å². The quantitative estimate of drug-likeness (QED) is 0.756. The molecule has 1 saturated carbocycles. The third-order valence-electron chi connectivity index (χ3n) is 6.78. The Bertz CT molecular complexity index is 864. The van der Waals surface area contributed by atoms with Gasteiger partial charge in [-0.05, 0) is 62.3 Å². The van der Waals surface area contributed by atoms with E-state index in [2.05, 4.69) is 52.1 Å². The number of nitrogens with zero attached hydrogens (tertiary/aromatic N) is 3. The predicted molar refractivity (Wildman–Crippen MR) is 119 cm³/mol. The number of nitrogens with one attached hydrogen (secondary N) is 1. The summed E-state index contributed by atoms with van der Waals surface area (Å²) in [5.41, 5.74) is 4.31. The highest BCUT2D eigenvalue weighted by Gasteiger charge is 2.31. The molecule has 0 spiro atoms. The number of aryl methyl sites for hydroxylation is 2. The zero-order chi connectivity index (χ0) is 21.1. The summed E-state index contributed by atoms with van der Waals surface area (Å²) in [5, 5.41) is 3.06. The first-order chi connectivity index (χ1) is 14.5. The molecular formula is C24H34N4O2. The van der Waals surface area contributed by atoms with Gasteiger partial charge >= 0.3 is 0 Å². The van der Waals surface area contributed by atoms with Crippen molar-refractivity contribution in [3.05, 3.63) is 47.2 Å². The lowest BCUT2D eigenvalue weighted by atomic mass is 9.78. The number of hydrogen-bond donors (Lipinski definition) is 1. The Morgan fingerprint density at radius 1 is 1.20 bits per heavy atom. The number of oxazole rings is 1. The number of benzene rings is 1. The van der Waals surface area contributed by atoms with Crippen molar-refractivity contribution in [2.24, 2.45) is 5.92 Å². The van der Waals surface area contributed by atoms with Crippen LogP contribution in [0.25, 0.3) is 0 Å². The summed E-state index contributed by atoms with van der Waals surface area (Å²) >= 11 is 0. The van der Waals surface area contributed by atoms with Gasteiger partial charge in [-0.1, -0.05) is 19.1 Å². The van der Waals surface area contributed by atoms with E-state index < -0.39 is 0 Å². The van der Waals surface area contributed by atoms with Crippen LogP contribution in [0.1, 0.15) is 53.8 Å². The minimum absolute atomic E-state index is 0.141. The molecular weight excluding hydrogens is 376 g/mol. The van der Waals surface area contributed by atoms with Crippen LogP contribution < -0.4 is 10.2 Å². The number of carbonyl (C=O) groups excluding carboxylic acids is 1. The third kappa shape index (κ3) is 4.69. The molecule has 1 aliphatic heterocycles. The molecule has 1 saturated heterocycles. The Morgan fingerprint density at radius 3 is 2.63 bits per heavy atom. The molecule has 1 aromatic carbocycles. The van der Waals surface area contributed by atoms with Crippen LogP contribution >= 0.6 is 0 Å². The second kappa shape index (κ2) is 9.21. The van der Waals surface area contributed by atoms with E-state index in [1.807, 2.05) is 0 Å². The second-order valence-electron chi connectivity index (χ2n) is 8.78. The summed E-state index contributed by atoms with van der Waals surface area (Å²) in [6, 6.07) is 6.99. The summed E-state index contributed by atoms with van der Waals surface area (Å²) in [7, 11) is 0. The van der Waals surface area contributed by atoms with Crippen molar-refractivity contribution < 1.29 is 9.21 Å². The van der Waals surface area contributed by atoms with Crippen LogP contribution in [0.15, 0.2) is 28.8 Å². The van der Waals surface area contributed by atoms with Gasteiger partial charge < -0.3 is 14.6 Å². The summed E-state index contributed by atoms with van der Waals surface area (Å²) in [6.07, 6.45) is 5.96. The zero-order valence-corrected chi connectivity index (χ0v) is 18.5. The molecule has 1 aliphatic carbocycles. The van der Waals surface area contributed by atoms with Gasteiger partial charge in [0.2, 0.25) is 5.76 Å². The lowest BCUT2D eigenvalue weighted by Crippen LogP contribution is -2.48. The maximum atomic E-state index is 12.1. The van der Waals surface area contributed by atoms with Gasteiger partial charge in [-0.2, -0.15) is 0 Å². The monoisotopic (exact) mass is 410 g/mol. The first-order valence-corrected chi connectivity index (χ1v) is 11.3. The highest BCUT2D eigenvalue weighted by atomic mass is 16.4. The number of amides is 1. The smallest absolute Gasteiger partial charge is 0.288 e. The van der Waals surface area contributed by atoms with E-state index in [1.165, 1.54) is 29.4 Å². The average molecular weight is 411 g/mol. The lowest BCUT2D eigenvalue weighted by Gasteiger charge is -2.40. The summed E-state index contributed by atoms with van der Waals surface area (Å²) in [5.74, 6) is 1.42. The van der Waals surface area contributed by atoms with Crippen molar-refractivity contribution in [2.75, 3.05) is 37.6 Å². The Kier molecular flexibility index (Phi) is 6.42. The zero-order valence-electron chi connectivity index (χ0n) is 18.5. The molecule has 30 heavy (non-hydrogen) atoms. The molecule has 6 heteroatoms. The predicted octanol–water partition coefficient (Wildman–Crippen LogP) is 3.57. The van der Waals surface area contributed by atoms with Gasteiger partial charge in [-0.25, -0.2) is 4.98 Å². The van der Waals surface area contributed by atoms with Gasteiger partial charge in [0.05, 0.1) is 6.20 Å². The number of carbonyl (C=O) groups is 1. The molecule has 0 bridgehead atoms. The normalized spacial score (nSPS) is 22.0. The van der Waals surface area contributed by atoms with Crippen LogP contribution in [0.3, 0.4) is 0 Å². The van der Waals surface area contributed by atoms with Gasteiger partial charge in [0.25, 0.3) is 5.91 Å². The van der Waals surface area contributed by atoms with Crippen molar-refractivity contribution in [1.82, 2.24) is 15.2 Å². The maximum absolute atomic E-state index is 12.1. The van der Waals surface area contributed by atoms with Crippen LogP contribution in [0.4, 0.5) is 5.69 Å². The van der Waals surface area contributed by atoms with Crippen molar-refractivity contribution >= 4 is 11.6 Å². The number of anilines is 1. The molecule has 2 aromatic rings. The average Bonchev–Trinajstić information content (AvgIpc) is 3.16. The fraction of sp³-hybridized carbons (Fsp3) is 0.583. The largest absolute Gasteiger partial charge is 0.436 e. The van der Waals surface area contributed by atoms with Crippen LogP contribution in [-0.2, 0) is 6.42 Å². The van der Waals surface area contributed by atoms with Crippen molar-refractivity contribution in [1.29, 1.82) is 0 Å². The molecule has 0 atom stereocenters. The molecule has 162 valence electrons. The molecule has 2 heterocycles. The van der Waals surface area contributed by atoms with Crippen molar-refractivity contribution in [2.45, 2.75) is 52.5 Å². The topological polar surface area (TPSA) is 61.6 Å². The first-order valence-electron chi connectivity index (χ1n) is 11.3. The van der Waals surface area contributed by atoms with E-state index in [0.29, 0.717) is 17.6 Å². The molecule has 1 amide bonds. The molecule has 4 rings (SSSR count). The lowest BCUT2D eigenvalue weighted by molar-refractivity contribution is 0.0848. The van der Waals surface area contributed by atoms with Crippen molar-refractivity contribution in [3.63, 3.8) is 0 Å². The number of rotatable bonds is 7. The summed E-state index contributed by atoms with van der Waals surface area (Å²) in [6.45, 7) is 11.9. The standard InChI is InChI=1S/C24H34N4O2/c1-4-20-6-5-7-22(17(20)2)28-12-10-27(11-13-28)9-8-19-14-21(15-19)26-24(29)23-16-25-18(3)30-23/h5-7,16,19,21H,4,8-15H2,1-3H3,(H,26,29). The summed E-state index contributed by atoms with van der Waals surface area (Å²) < 4.78 is 5.30. The van der Waals surface area contributed by atoms with Crippen LogP contribution in [0.2, 0.25) is 0 Å². The SMILES string of the molecule is CCc1cccc(N2CCN(CCC3CC(NC(=O)c4cnc(C)o4)C3)CC2)c1C. The van der Waals surface area contributed by atoms with E-state index >= 15 is 0 Å². The van der Waals surface area contributed by atoms with Crippen LogP contribution in [0.5, 0.6) is 0 Å². The van der Waals surface area contributed by atoms with Gasteiger partial charge in [0.15, 0.2) is 5.89 Å². The minimum atomic E-state index is -0.141. The Labute approximate surface area is 179 Å². The molecule has 0 radical (unpaired) electrons. The van der Waals surface area contributed by atoms with Crippen LogP contribution in [0, 0.1) is 19.8 Å². The molecule has 2 fully saturated rings. The Morgan fingerprint density at radius 2 is 1.97 bits per heavy atom. The molecule has 2 aliphatic rings. The van der Waals surface area contributed by atoms with E-state index in [0.717, 1.165) is 52.0 Å². The van der Waals surface area contributed by atoms with E-state index in [1.54, 1.807) is 6.92 Å². The van der Waals surface area contributed by atoms with E-state index in [9.17, 15) is 4.79 Å². The van der Waals surface area contributed by atoms with Gasteiger partial charge in [0.1, 0.15) is 0 Å². The highest BCUT2D eigenvalue weighted by Crippen LogP contribution is 2.31. The third-order valence-corrected chi connectivity index (χ3v) is 6.78. The Balaban J connectivity index is 1.15. The van der Waals surface area contributed by atoms with Gasteiger partial charge in [-0.15, -0.1) is 0 Å². The Hall–Kier alpha value is -2.34. The molecule has 1 N–H and O–H groups in total. The minimum Gasteiger partial charge on any atom is -0.436 e. The van der Waals surface area contributed by atoms with Gasteiger partial charge in [0, 0.05) is 44.8 Å². The molecule has 6 nitrogen and oxygen atoms in total. The second-order valence-corrected chi connectivity index (χ2v) is 8.78. The molecule has 1 aromatic heterocycles. The van der Waals surface area contributed by atoms with Crippen molar-refractivity contribution in [3.8, 4) is 0 Å². The summed E-state index contributed by atoms with van der Waals surface area (Å²) in [4.78, 5) is 21.3. The highest BCUT2D eigenvalue weighted by molar-refractivity contribution is 5.91. The fourth-order valence-corrected chi connectivity index (χ4v) is 4.79. The number of piperazine rings is 1. The first kappa shape index (κ1) is 20.9. The fourth-order valence-electron chi connectivity index (χ4n) is 4.79. The van der Waals surface area contributed by atoms with Crippen LogP contribution in [-0.4, -0.2) is 54.6 Å². The molecule has 0 unspecified atom stereocenters. The maximum Gasteiger partial charge on any atom is 0.288 e. The number of hydrogen-bond acceptors (Lipinski definition) is 5. The number of aromatic nitrogens is 1. The van der Waals surface area contributed by atoms with E-state index in [4.69, 9.17) is 4.42 Å². The van der Waals surface area contributed by atoms with E-state index in [-0.39, 0.29) is 11.9 Å².